The number of hydrogen-bond acceptors (Lipinski definition) is 5. The number of methoxy groups -OCH3 is 1. The van der Waals surface area contributed by atoms with E-state index in [1.165, 1.54) is 20.2 Å². The van der Waals surface area contributed by atoms with Crippen molar-refractivity contribution in [3.8, 4) is 0 Å². The summed E-state index contributed by atoms with van der Waals surface area (Å²) in [5.41, 5.74) is 0.269. The quantitative estimate of drug-likeness (QED) is 0.790. The van der Waals surface area contributed by atoms with Crippen molar-refractivity contribution < 1.29 is 19.1 Å². The molecule has 16 heavy (non-hydrogen) atoms. The fourth-order valence-electron chi connectivity index (χ4n) is 0.966. The summed E-state index contributed by atoms with van der Waals surface area (Å²) in [6.45, 7) is 1.44. The normalized spacial score (nSPS) is 11.7. The third kappa shape index (κ3) is 3.30. The van der Waals surface area contributed by atoms with E-state index in [-0.39, 0.29) is 5.56 Å². The Kier molecular flexibility index (Phi) is 4.42. The monoisotopic (exact) mass is 287 g/mol. The number of rotatable bonds is 3. The van der Waals surface area contributed by atoms with E-state index in [0.717, 1.165) is 0 Å². The average Bonchev–Trinajstić information content (AvgIpc) is 2.27. The van der Waals surface area contributed by atoms with Gasteiger partial charge in [-0.25, -0.2) is 9.59 Å². The smallest absolute Gasteiger partial charge is 0.346 e. The first-order valence-corrected chi connectivity index (χ1v) is 5.23. The predicted octanol–water partition coefficient (Wildman–Crippen LogP) is 1.56. The van der Waals surface area contributed by atoms with Gasteiger partial charge in [0.05, 0.1) is 12.7 Å². The molecule has 1 rings (SSSR count). The molecular formula is C10H10BrNO4. The zero-order valence-electron chi connectivity index (χ0n) is 8.77. The lowest BCUT2D eigenvalue weighted by Crippen LogP contribution is -2.25. The van der Waals surface area contributed by atoms with Crippen molar-refractivity contribution in [3.63, 3.8) is 0 Å². The van der Waals surface area contributed by atoms with E-state index in [4.69, 9.17) is 4.74 Å². The second-order valence-corrected chi connectivity index (χ2v) is 3.88. The molecular weight excluding hydrogens is 278 g/mol. The minimum atomic E-state index is -0.934. The van der Waals surface area contributed by atoms with Gasteiger partial charge in [-0.3, -0.25) is 4.98 Å². The van der Waals surface area contributed by atoms with Gasteiger partial charge in [0.2, 0.25) is 0 Å². The minimum absolute atomic E-state index is 0.269. The number of hydrogen-bond donors (Lipinski definition) is 0. The molecule has 0 aliphatic rings. The van der Waals surface area contributed by atoms with Gasteiger partial charge in [-0.15, -0.1) is 0 Å². The molecule has 0 spiro atoms. The first-order valence-electron chi connectivity index (χ1n) is 4.44. The molecule has 0 aliphatic heterocycles. The Morgan fingerprint density at radius 2 is 2.12 bits per heavy atom. The standard InChI is InChI=1S/C10H10BrNO4/c1-6(9(13)15-2)16-10(14)7-3-8(11)5-12-4-7/h3-6H,1-2H3. The van der Waals surface area contributed by atoms with Crippen LogP contribution in [0.15, 0.2) is 22.9 Å². The maximum absolute atomic E-state index is 11.5. The van der Waals surface area contributed by atoms with E-state index in [0.29, 0.717) is 4.47 Å². The summed E-state index contributed by atoms with van der Waals surface area (Å²) in [7, 11) is 1.23. The van der Waals surface area contributed by atoms with Crippen LogP contribution in [0.5, 0.6) is 0 Å². The highest BCUT2D eigenvalue weighted by molar-refractivity contribution is 9.10. The number of pyridine rings is 1. The van der Waals surface area contributed by atoms with Crippen molar-refractivity contribution in [2.24, 2.45) is 0 Å². The van der Waals surface area contributed by atoms with E-state index >= 15 is 0 Å². The van der Waals surface area contributed by atoms with E-state index in [1.807, 2.05) is 0 Å². The van der Waals surface area contributed by atoms with E-state index < -0.39 is 18.0 Å². The molecule has 0 saturated carbocycles. The van der Waals surface area contributed by atoms with Crippen LogP contribution in [-0.2, 0) is 14.3 Å². The summed E-state index contributed by atoms with van der Waals surface area (Å²) in [5, 5.41) is 0. The Bertz CT molecular complexity index is 408. The Hall–Kier alpha value is -1.43. The number of carbonyl (C=O) groups excluding carboxylic acids is 2. The predicted molar refractivity (Wildman–Crippen MR) is 58.8 cm³/mol. The molecule has 0 bridgehead atoms. The summed E-state index contributed by atoms with van der Waals surface area (Å²) in [6, 6.07) is 1.55. The average molecular weight is 288 g/mol. The number of aromatic nitrogens is 1. The summed E-state index contributed by atoms with van der Waals surface area (Å²) in [4.78, 5) is 26.4. The van der Waals surface area contributed by atoms with Crippen LogP contribution in [-0.4, -0.2) is 30.1 Å². The lowest BCUT2D eigenvalue weighted by molar-refractivity contribution is -0.149. The van der Waals surface area contributed by atoms with Gasteiger partial charge in [0.15, 0.2) is 6.10 Å². The van der Waals surface area contributed by atoms with Crippen LogP contribution in [0.1, 0.15) is 17.3 Å². The Labute approximate surface area is 101 Å². The first kappa shape index (κ1) is 12.6. The second-order valence-electron chi connectivity index (χ2n) is 2.96. The molecule has 0 radical (unpaired) electrons. The van der Waals surface area contributed by atoms with Crippen molar-refractivity contribution in [3.05, 3.63) is 28.5 Å². The maximum Gasteiger partial charge on any atom is 0.346 e. The van der Waals surface area contributed by atoms with Crippen LogP contribution in [0.2, 0.25) is 0 Å². The number of halogens is 1. The van der Waals surface area contributed by atoms with Crippen molar-refractivity contribution in [1.29, 1.82) is 0 Å². The Balaban J connectivity index is 2.69. The summed E-state index contributed by atoms with van der Waals surface area (Å²) < 4.78 is 9.96. The first-order chi connectivity index (χ1) is 7.54. The number of ether oxygens (including phenoxy) is 2. The fraction of sp³-hybridized carbons (Fsp3) is 0.300. The molecule has 1 atom stereocenters. The molecule has 1 aromatic rings. The maximum atomic E-state index is 11.5. The van der Waals surface area contributed by atoms with Gasteiger partial charge in [0.1, 0.15) is 0 Å². The molecule has 0 saturated heterocycles. The zero-order chi connectivity index (χ0) is 12.1. The summed E-state index contributed by atoms with van der Waals surface area (Å²) >= 11 is 3.18. The molecule has 0 aromatic carbocycles. The highest BCUT2D eigenvalue weighted by Gasteiger charge is 2.19. The van der Waals surface area contributed by atoms with E-state index in [2.05, 4.69) is 25.7 Å². The van der Waals surface area contributed by atoms with Crippen LogP contribution in [0.3, 0.4) is 0 Å². The minimum Gasteiger partial charge on any atom is -0.466 e. The molecule has 0 N–H and O–H groups in total. The van der Waals surface area contributed by atoms with Crippen LogP contribution in [0, 0.1) is 0 Å². The Morgan fingerprint density at radius 1 is 1.44 bits per heavy atom. The van der Waals surface area contributed by atoms with Crippen molar-refractivity contribution >= 4 is 27.9 Å². The topological polar surface area (TPSA) is 65.5 Å². The SMILES string of the molecule is COC(=O)C(C)OC(=O)c1cncc(Br)c1. The fourth-order valence-corrected chi connectivity index (χ4v) is 1.33. The Morgan fingerprint density at radius 3 is 2.69 bits per heavy atom. The molecule has 0 aliphatic carbocycles. The third-order valence-electron chi connectivity index (χ3n) is 1.76. The van der Waals surface area contributed by atoms with Crippen LogP contribution >= 0.6 is 15.9 Å². The molecule has 86 valence electrons. The van der Waals surface area contributed by atoms with Crippen LogP contribution < -0.4 is 0 Å². The molecule has 6 heteroatoms. The number of esters is 2. The molecule has 0 amide bonds. The summed E-state index contributed by atoms with van der Waals surface area (Å²) in [5.74, 6) is -1.22. The largest absolute Gasteiger partial charge is 0.466 e. The van der Waals surface area contributed by atoms with E-state index in [9.17, 15) is 9.59 Å². The van der Waals surface area contributed by atoms with Gasteiger partial charge in [-0.1, -0.05) is 0 Å². The number of nitrogens with zero attached hydrogens (tertiary/aromatic N) is 1. The lowest BCUT2D eigenvalue weighted by Gasteiger charge is -2.10. The van der Waals surface area contributed by atoms with Gasteiger partial charge in [-0.2, -0.15) is 0 Å². The lowest BCUT2D eigenvalue weighted by atomic mass is 10.3. The van der Waals surface area contributed by atoms with Gasteiger partial charge in [0, 0.05) is 16.9 Å². The van der Waals surface area contributed by atoms with Gasteiger partial charge >= 0.3 is 11.9 Å². The van der Waals surface area contributed by atoms with Crippen molar-refractivity contribution in [2.75, 3.05) is 7.11 Å². The van der Waals surface area contributed by atoms with E-state index in [1.54, 1.807) is 12.3 Å². The molecule has 1 unspecified atom stereocenters. The zero-order valence-corrected chi connectivity index (χ0v) is 10.4. The number of carbonyl (C=O) groups is 2. The summed E-state index contributed by atoms with van der Waals surface area (Å²) in [6.07, 6.45) is 1.97. The van der Waals surface area contributed by atoms with Crippen LogP contribution in [0.25, 0.3) is 0 Å². The highest BCUT2D eigenvalue weighted by Crippen LogP contribution is 2.11. The molecule has 1 aromatic heterocycles. The van der Waals surface area contributed by atoms with Gasteiger partial charge in [-0.05, 0) is 28.9 Å². The molecule has 5 nitrogen and oxygen atoms in total. The van der Waals surface area contributed by atoms with Crippen molar-refractivity contribution in [2.45, 2.75) is 13.0 Å². The third-order valence-corrected chi connectivity index (χ3v) is 2.19. The van der Waals surface area contributed by atoms with Crippen molar-refractivity contribution in [1.82, 2.24) is 4.98 Å². The van der Waals surface area contributed by atoms with Crippen LogP contribution in [0.4, 0.5) is 0 Å². The molecule has 0 fully saturated rings. The molecule has 1 heterocycles. The van der Waals surface area contributed by atoms with Gasteiger partial charge in [0.25, 0.3) is 0 Å². The van der Waals surface area contributed by atoms with Gasteiger partial charge < -0.3 is 9.47 Å². The second kappa shape index (κ2) is 5.60. The highest BCUT2D eigenvalue weighted by atomic mass is 79.9.